The SMILES string of the molecule is COCCn1cc(NC(=O)C=Cc2ccc3c(c2)CCCN3C)ccc1=O. The first-order valence-corrected chi connectivity index (χ1v) is 9.09. The lowest BCUT2D eigenvalue weighted by molar-refractivity contribution is -0.111. The van der Waals surface area contributed by atoms with Gasteiger partial charge in [-0.15, -0.1) is 0 Å². The number of carbonyl (C=O) groups excluding carboxylic acids is 1. The summed E-state index contributed by atoms with van der Waals surface area (Å²) >= 11 is 0. The van der Waals surface area contributed by atoms with E-state index in [0.29, 0.717) is 18.8 Å². The van der Waals surface area contributed by atoms with Crippen LogP contribution in [0.4, 0.5) is 11.4 Å². The number of amides is 1. The first-order chi connectivity index (χ1) is 13.1. The number of ether oxygens (including phenoxy) is 1. The highest BCUT2D eigenvalue weighted by Gasteiger charge is 2.13. The number of aromatic nitrogens is 1. The molecule has 1 N–H and O–H groups in total. The molecular formula is C21H25N3O3. The van der Waals surface area contributed by atoms with E-state index >= 15 is 0 Å². The van der Waals surface area contributed by atoms with Crippen LogP contribution in [0.1, 0.15) is 17.5 Å². The molecule has 0 saturated heterocycles. The van der Waals surface area contributed by atoms with Gasteiger partial charge in [-0.25, -0.2) is 0 Å². The van der Waals surface area contributed by atoms with Crippen molar-refractivity contribution < 1.29 is 9.53 Å². The molecule has 1 aliphatic heterocycles. The van der Waals surface area contributed by atoms with Gasteiger partial charge in [-0.1, -0.05) is 6.07 Å². The summed E-state index contributed by atoms with van der Waals surface area (Å²) in [7, 11) is 3.69. The molecule has 6 nitrogen and oxygen atoms in total. The third-order valence-corrected chi connectivity index (χ3v) is 4.67. The molecule has 1 aliphatic rings. The fraction of sp³-hybridized carbons (Fsp3) is 0.333. The molecule has 2 aromatic rings. The Balaban J connectivity index is 1.66. The standard InChI is InChI=1S/C21H25N3O3/c1-23-11-3-4-17-14-16(5-8-19(17)23)6-9-20(25)22-18-7-10-21(26)24(15-18)12-13-27-2/h5-10,14-15H,3-4,11-13H2,1-2H3,(H,22,25). The summed E-state index contributed by atoms with van der Waals surface area (Å²) in [5.41, 5.74) is 4.04. The molecule has 0 saturated carbocycles. The number of benzene rings is 1. The molecule has 2 heterocycles. The van der Waals surface area contributed by atoms with E-state index < -0.39 is 0 Å². The normalized spacial score (nSPS) is 13.6. The summed E-state index contributed by atoms with van der Waals surface area (Å²) in [6.07, 6.45) is 7.17. The van der Waals surface area contributed by atoms with E-state index in [1.54, 1.807) is 19.4 Å². The predicted octanol–water partition coefficient (Wildman–Crippen LogP) is 2.53. The van der Waals surface area contributed by atoms with Crippen LogP contribution in [0.15, 0.2) is 47.4 Å². The maximum atomic E-state index is 12.2. The molecule has 0 aliphatic carbocycles. The molecule has 6 heteroatoms. The van der Waals surface area contributed by atoms with Gasteiger partial charge in [0.1, 0.15) is 0 Å². The van der Waals surface area contributed by atoms with Crippen LogP contribution in [0.3, 0.4) is 0 Å². The minimum atomic E-state index is -0.234. The molecule has 27 heavy (non-hydrogen) atoms. The zero-order valence-corrected chi connectivity index (χ0v) is 15.8. The molecule has 0 unspecified atom stereocenters. The molecule has 1 aromatic carbocycles. The fourth-order valence-corrected chi connectivity index (χ4v) is 3.23. The van der Waals surface area contributed by atoms with Gasteiger partial charge in [0, 0.05) is 51.3 Å². The third kappa shape index (κ3) is 4.86. The van der Waals surface area contributed by atoms with Gasteiger partial charge in [0.2, 0.25) is 5.91 Å². The summed E-state index contributed by atoms with van der Waals surface area (Å²) in [5.74, 6) is -0.234. The molecule has 0 radical (unpaired) electrons. The van der Waals surface area contributed by atoms with Crippen molar-refractivity contribution in [2.24, 2.45) is 0 Å². The van der Waals surface area contributed by atoms with E-state index in [1.807, 2.05) is 12.1 Å². The number of carbonyl (C=O) groups is 1. The Morgan fingerprint density at radius 3 is 2.96 bits per heavy atom. The van der Waals surface area contributed by atoms with Crippen LogP contribution in [0.25, 0.3) is 6.08 Å². The average Bonchev–Trinajstić information content (AvgIpc) is 2.67. The van der Waals surface area contributed by atoms with Crippen molar-refractivity contribution in [2.45, 2.75) is 19.4 Å². The lowest BCUT2D eigenvalue weighted by Crippen LogP contribution is -2.24. The van der Waals surface area contributed by atoms with Crippen molar-refractivity contribution >= 4 is 23.4 Å². The third-order valence-electron chi connectivity index (χ3n) is 4.67. The van der Waals surface area contributed by atoms with Gasteiger partial charge in [-0.2, -0.15) is 0 Å². The number of aryl methyl sites for hydroxylation is 1. The highest BCUT2D eigenvalue weighted by atomic mass is 16.5. The summed E-state index contributed by atoms with van der Waals surface area (Å²) < 4.78 is 6.51. The first-order valence-electron chi connectivity index (χ1n) is 9.09. The zero-order valence-electron chi connectivity index (χ0n) is 15.8. The number of fused-ring (bicyclic) bond motifs is 1. The van der Waals surface area contributed by atoms with E-state index in [-0.39, 0.29) is 11.5 Å². The van der Waals surface area contributed by atoms with Gasteiger partial charge >= 0.3 is 0 Å². The molecule has 0 fully saturated rings. The minimum Gasteiger partial charge on any atom is -0.383 e. The van der Waals surface area contributed by atoms with Crippen LogP contribution in [0.2, 0.25) is 0 Å². The van der Waals surface area contributed by atoms with Crippen molar-refractivity contribution in [3.8, 4) is 0 Å². The van der Waals surface area contributed by atoms with Crippen molar-refractivity contribution in [1.29, 1.82) is 0 Å². The van der Waals surface area contributed by atoms with E-state index in [4.69, 9.17) is 4.74 Å². The van der Waals surface area contributed by atoms with E-state index in [2.05, 4.69) is 29.4 Å². The van der Waals surface area contributed by atoms with Crippen molar-refractivity contribution in [2.75, 3.05) is 37.5 Å². The van der Waals surface area contributed by atoms with Crippen LogP contribution in [0.5, 0.6) is 0 Å². The van der Waals surface area contributed by atoms with Crippen LogP contribution in [-0.4, -0.2) is 37.8 Å². The second kappa shape index (κ2) is 8.68. The lowest BCUT2D eigenvalue weighted by atomic mass is 9.99. The Hall–Kier alpha value is -2.86. The number of rotatable bonds is 6. The smallest absolute Gasteiger partial charge is 0.250 e. The van der Waals surface area contributed by atoms with Gasteiger partial charge in [0.15, 0.2) is 0 Å². The number of anilines is 2. The second-order valence-electron chi connectivity index (χ2n) is 6.68. The molecule has 0 atom stereocenters. The molecular weight excluding hydrogens is 342 g/mol. The van der Waals surface area contributed by atoms with Gasteiger partial charge < -0.3 is 19.5 Å². The maximum absolute atomic E-state index is 12.2. The van der Waals surface area contributed by atoms with Gasteiger partial charge in [-0.3, -0.25) is 9.59 Å². The summed E-state index contributed by atoms with van der Waals surface area (Å²) in [4.78, 5) is 26.3. The average molecular weight is 367 g/mol. The van der Waals surface area contributed by atoms with Crippen molar-refractivity contribution in [3.05, 3.63) is 64.1 Å². The largest absolute Gasteiger partial charge is 0.383 e. The first kappa shape index (κ1) is 18.9. The predicted molar refractivity (Wildman–Crippen MR) is 108 cm³/mol. The maximum Gasteiger partial charge on any atom is 0.250 e. The van der Waals surface area contributed by atoms with Gasteiger partial charge in [-0.05, 0) is 48.2 Å². The minimum absolute atomic E-state index is 0.125. The number of hydrogen-bond donors (Lipinski definition) is 1. The zero-order chi connectivity index (χ0) is 19.2. The number of pyridine rings is 1. The van der Waals surface area contributed by atoms with Crippen LogP contribution < -0.4 is 15.8 Å². The Morgan fingerprint density at radius 2 is 2.15 bits per heavy atom. The fourth-order valence-electron chi connectivity index (χ4n) is 3.23. The molecule has 142 valence electrons. The highest BCUT2D eigenvalue weighted by molar-refractivity contribution is 6.01. The van der Waals surface area contributed by atoms with E-state index in [0.717, 1.165) is 24.9 Å². The molecule has 0 spiro atoms. The number of methoxy groups -OCH3 is 1. The van der Waals surface area contributed by atoms with E-state index in [9.17, 15) is 9.59 Å². The van der Waals surface area contributed by atoms with Crippen molar-refractivity contribution in [1.82, 2.24) is 4.57 Å². The molecule has 1 aromatic heterocycles. The summed E-state index contributed by atoms with van der Waals surface area (Å²) in [6.45, 7) is 1.96. The summed E-state index contributed by atoms with van der Waals surface area (Å²) in [5, 5.41) is 2.79. The molecule has 0 bridgehead atoms. The van der Waals surface area contributed by atoms with Gasteiger partial charge in [0.25, 0.3) is 5.56 Å². The monoisotopic (exact) mass is 367 g/mol. The van der Waals surface area contributed by atoms with Crippen LogP contribution in [-0.2, 0) is 22.5 Å². The second-order valence-corrected chi connectivity index (χ2v) is 6.68. The Kier molecular flexibility index (Phi) is 6.08. The lowest BCUT2D eigenvalue weighted by Gasteiger charge is -2.27. The topological polar surface area (TPSA) is 63.6 Å². The number of hydrogen-bond acceptors (Lipinski definition) is 4. The van der Waals surface area contributed by atoms with Gasteiger partial charge in [0.05, 0.1) is 12.3 Å². The Morgan fingerprint density at radius 1 is 1.30 bits per heavy atom. The highest BCUT2D eigenvalue weighted by Crippen LogP contribution is 2.27. The number of nitrogens with zero attached hydrogens (tertiary/aromatic N) is 2. The van der Waals surface area contributed by atoms with Crippen molar-refractivity contribution in [3.63, 3.8) is 0 Å². The summed E-state index contributed by atoms with van der Waals surface area (Å²) in [6, 6.07) is 9.31. The van der Waals surface area contributed by atoms with E-state index in [1.165, 1.54) is 28.0 Å². The Bertz CT molecular complexity index is 902. The van der Waals surface area contributed by atoms with Crippen LogP contribution >= 0.6 is 0 Å². The Labute approximate surface area is 159 Å². The molecule has 3 rings (SSSR count). The van der Waals surface area contributed by atoms with Crippen LogP contribution in [0, 0.1) is 0 Å². The quantitative estimate of drug-likeness (QED) is 0.797. The molecule has 1 amide bonds. The number of nitrogens with one attached hydrogen (secondary N) is 1.